The Labute approximate surface area is 90.8 Å². The molecule has 0 saturated carbocycles. The molecule has 1 atom stereocenters. The van der Waals surface area contributed by atoms with Gasteiger partial charge in [0, 0.05) is 6.04 Å². The summed E-state index contributed by atoms with van der Waals surface area (Å²) < 4.78 is 0. The number of carbonyl (C=O) groups excluding carboxylic acids is 2. The van der Waals surface area contributed by atoms with Crippen molar-refractivity contribution in [3.05, 3.63) is 0 Å². The summed E-state index contributed by atoms with van der Waals surface area (Å²) in [4.78, 5) is 22.7. The highest BCUT2D eigenvalue weighted by Crippen LogP contribution is 2.03. The summed E-state index contributed by atoms with van der Waals surface area (Å²) in [6.07, 6.45) is 0.532. The SMILES string of the molecule is CCC(C)(N)C(=O)NCC(=O)NC(C)C. The number of rotatable bonds is 5. The Morgan fingerprint density at radius 3 is 2.33 bits per heavy atom. The zero-order chi connectivity index (χ0) is 12.1. The molecular formula is C10H21N3O2. The van der Waals surface area contributed by atoms with E-state index in [0.717, 1.165) is 0 Å². The minimum absolute atomic E-state index is 0.0240. The van der Waals surface area contributed by atoms with Crippen LogP contribution in [0.1, 0.15) is 34.1 Å². The van der Waals surface area contributed by atoms with E-state index in [-0.39, 0.29) is 24.4 Å². The second-order valence-corrected chi connectivity index (χ2v) is 4.18. The van der Waals surface area contributed by atoms with Gasteiger partial charge in [0.25, 0.3) is 0 Å². The fourth-order valence-corrected chi connectivity index (χ4v) is 0.896. The molecule has 4 N–H and O–H groups in total. The summed E-state index contributed by atoms with van der Waals surface area (Å²) >= 11 is 0. The van der Waals surface area contributed by atoms with Crippen LogP contribution in [0, 0.1) is 0 Å². The fraction of sp³-hybridized carbons (Fsp3) is 0.800. The van der Waals surface area contributed by atoms with E-state index in [4.69, 9.17) is 5.73 Å². The van der Waals surface area contributed by atoms with Crippen LogP contribution in [0.5, 0.6) is 0 Å². The average molecular weight is 215 g/mol. The zero-order valence-electron chi connectivity index (χ0n) is 9.89. The molecule has 1 unspecified atom stereocenters. The van der Waals surface area contributed by atoms with Gasteiger partial charge in [0.2, 0.25) is 11.8 Å². The molecule has 2 amide bonds. The number of amides is 2. The predicted octanol–water partition coefficient (Wildman–Crippen LogP) is -0.245. The topological polar surface area (TPSA) is 84.2 Å². The molecule has 0 aromatic heterocycles. The van der Waals surface area contributed by atoms with Gasteiger partial charge in [-0.2, -0.15) is 0 Å². The molecule has 0 bridgehead atoms. The van der Waals surface area contributed by atoms with Crippen molar-refractivity contribution in [1.29, 1.82) is 0 Å². The fourth-order valence-electron chi connectivity index (χ4n) is 0.896. The predicted molar refractivity (Wildman–Crippen MR) is 59.2 cm³/mol. The molecule has 5 heteroatoms. The lowest BCUT2D eigenvalue weighted by atomic mass is 10.00. The van der Waals surface area contributed by atoms with Crippen LogP contribution in [0.4, 0.5) is 0 Å². The third kappa shape index (κ3) is 5.37. The van der Waals surface area contributed by atoms with E-state index >= 15 is 0 Å². The van der Waals surface area contributed by atoms with E-state index in [1.807, 2.05) is 20.8 Å². The Hall–Kier alpha value is -1.10. The summed E-state index contributed by atoms with van der Waals surface area (Å²) in [5.41, 5.74) is 4.80. The van der Waals surface area contributed by atoms with Crippen LogP contribution in [-0.4, -0.2) is 29.9 Å². The molecule has 0 aromatic carbocycles. The van der Waals surface area contributed by atoms with Crippen molar-refractivity contribution in [2.24, 2.45) is 5.73 Å². The highest BCUT2D eigenvalue weighted by Gasteiger charge is 2.25. The maximum absolute atomic E-state index is 11.5. The second kappa shape index (κ2) is 5.70. The Morgan fingerprint density at radius 1 is 1.40 bits per heavy atom. The summed E-state index contributed by atoms with van der Waals surface area (Å²) in [7, 11) is 0. The van der Waals surface area contributed by atoms with Crippen LogP contribution >= 0.6 is 0 Å². The lowest BCUT2D eigenvalue weighted by Crippen LogP contribution is -2.53. The van der Waals surface area contributed by atoms with Crippen LogP contribution in [0.25, 0.3) is 0 Å². The summed E-state index contributed by atoms with van der Waals surface area (Å²) in [6, 6.07) is 0.0739. The monoisotopic (exact) mass is 215 g/mol. The third-order valence-electron chi connectivity index (χ3n) is 2.11. The van der Waals surface area contributed by atoms with Crippen LogP contribution in [0.2, 0.25) is 0 Å². The van der Waals surface area contributed by atoms with Gasteiger partial charge in [-0.3, -0.25) is 9.59 Å². The summed E-state index contributed by atoms with van der Waals surface area (Å²) in [6.45, 7) is 7.16. The smallest absolute Gasteiger partial charge is 0.240 e. The van der Waals surface area contributed by atoms with Crippen molar-refractivity contribution in [2.45, 2.75) is 45.7 Å². The Kier molecular flexibility index (Phi) is 5.28. The van der Waals surface area contributed by atoms with Gasteiger partial charge >= 0.3 is 0 Å². The Balaban J connectivity index is 3.96. The molecule has 15 heavy (non-hydrogen) atoms. The summed E-state index contributed by atoms with van der Waals surface area (Å²) in [5.74, 6) is -0.505. The summed E-state index contributed by atoms with van der Waals surface area (Å²) in [5, 5.41) is 5.18. The number of hydrogen-bond acceptors (Lipinski definition) is 3. The van der Waals surface area contributed by atoms with Crippen molar-refractivity contribution in [3.8, 4) is 0 Å². The van der Waals surface area contributed by atoms with Gasteiger partial charge < -0.3 is 16.4 Å². The Bertz CT molecular complexity index is 237. The van der Waals surface area contributed by atoms with Gasteiger partial charge in [-0.25, -0.2) is 0 Å². The highest BCUT2D eigenvalue weighted by molar-refractivity contribution is 5.89. The average Bonchev–Trinajstić information content (AvgIpc) is 2.13. The lowest BCUT2D eigenvalue weighted by Gasteiger charge is -2.21. The maximum atomic E-state index is 11.5. The lowest BCUT2D eigenvalue weighted by molar-refractivity contribution is -0.129. The number of carbonyl (C=O) groups is 2. The van der Waals surface area contributed by atoms with E-state index in [1.54, 1.807) is 6.92 Å². The standard InChI is InChI=1S/C10H21N3O2/c1-5-10(4,11)9(15)12-6-8(14)13-7(2)3/h7H,5-6,11H2,1-4H3,(H,12,15)(H,13,14). The first-order valence-corrected chi connectivity index (χ1v) is 5.16. The molecule has 88 valence electrons. The van der Waals surface area contributed by atoms with Gasteiger partial charge in [0.05, 0.1) is 12.1 Å². The van der Waals surface area contributed by atoms with Crippen molar-refractivity contribution < 1.29 is 9.59 Å². The molecule has 0 rings (SSSR count). The quantitative estimate of drug-likeness (QED) is 0.591. The zero-order valence-corrected chi connectivity index (χ0v) is 9.89. The van der Waals surface area contributed by atoms with E-state index in [0.29, 0.717) is 6.42 Å². The van der Waals surface area contributed by atoms with Crippen molar-refractivity contribution in [2.75, 3.05) is 6.54 Å². The normalized spacial score (nSPS) is 14.5. The minimum atomic E-state index is -0.905. The highest BCUT2D eigenvalue weighted by atomic mass is 16.2. The first kappa shape index (κ1) is 13.9. The molecule has 0 saturated heterocycles. The number of nitrogens with one attached hydrogen (secondary N) is 2. The van der Waals surface area contributed by atoms with Crippen LogP contribution < -0.4 is 16.4 Å². The van der Waals surface area contributed by atoms with Crippen LogP contribution in [0.15, 0.2) is 0 Å². The third-order valence-corrected chi connectivity index (χ3v) is 2.11. The minimum Gasteiger partial charge on any atom is -0.352 e. The largest absolute Gasteiger partial charge is 0.352 e. The number of nitrogens with two attached hydrogens (primary N) is 1. The van der Waals surface area contributed by atoms with E-state index in [2.05, 4.69) is 10.6 Å². The molecular weight excluding hydrogens is 194 g/mol. The second-order valence-electron chi connectivity index (χ2n) is 4.18. The first-order valence-electron chi connectivity index (χ1n) is 5.16. The molecule has 0 heterocycles. The first-order chi connectivity index (χ1) is 6.79. The molecule has 0 aromatic rings. The van der Waals surface area contributed by atoms with Gasteiger partial charge in [-0.15, -0.1) is 0 Å². The molecule has 0 aliphatic heterocycles. The van der Waals surface area contributed by atoms with Crippen molar-refractivity contribution in [1.82, 2.24) is 10.6 Å². The van der Waals surface area contributed by atoms with Gasteiger partial charge in [0.15, 0.2) is 0 Å². The molecule has 5 nitrogen and oxygen atoms in total. The number of hydrogen-bond donors (Lipinski definition) is 3. The van der Waals surface area contributed by atoms with E-state index < -0.39 is 5.54 Å². The van der Waals surface area contributed by atoms with Crippen molar-refractivity contribution >= 4 is 11.8 Å². The van der Waals surface area contributed by atoms with Crippen LogP contribution in [0.3, 0.4) is 0 Å². The van der Waals surface area contributed by atoms with Gasteiger partial charge in [-0.05, 0) is 27.2 Å². The molecule has 0 spiro atoms. The van der Waals surface area contributed by atoms with Gasteiger partial charge in [-0.1, -0.05) is 6.92 Å². The molecule has 0 aliphatic rings. The molecule has 0 radical (unpaired) electrons. The maximum Gasteiger partial charge on any atom is 0.240 e. The van der Waals surface area contributed by atoms with Crippen molar-refractivity contribution in [3.63, 3.8) is 0 Å². The molecule has 0 fully saturated rings. The van der Waals surface area contributed by atoms with Gasteiger partial charge in [0.1, 0.15) is 0 Å². The van der Waals surface area contributed by atoms with Crippen LogP contribution in [-0.2, 0) is 9.59 Å². The van der Waals surface area contributed by atoms with E-state index in [1.165, 1.54) is 0 Å². The van der Waals surface area contributed by atoms with E-state index in [9.17, 15) is 9.59 Å². The molecule has 0 aliphatic carbocycles. The Morgan fingerprint density at radius 2 is 1.93 bits per heavy atom.